The van der Waals surface area contributed by atoms with Gasteiger partial charge >= 0.3 is 11.5 Å². The van der Waals surface area contributed by atoms with Crippen LogP contribution >= 0.6 is 0 Å². The maximum absolute atomic E-state index is 10.9. The highest BCUT2D eigenvalue weighted by Gasteiger charge is 2.28. The molecule has 14 heavy (non-hydrogen) atoms. The van der Waals surface area contributed by atoms with Gasteiger partial charge in [-0.2, -0.15) is 0 Å². The molecule has 0 N–H and O–H groups in total. The van der Waals surface area contributed by atoms with Gasteiger partial charge in [0.1, 0.15) is 6.26 Å². The van der Waals surface area contributed by atoms with E-state index in [1.54, 1.807) is 0 Å². The number of nitrogens with zero attached hydrogens (tertiary/aromatic N) is 4. The lowest BCUT2D eigenvalue weighted by atomic mass is 10.3. The van der Waals surface area contributed by atoms with E-state index in [2.05, 4.69) is 19.5 Å². The second-order valence-electron chi connectivity index (χ2n) is 2.24. The topological polar surface area (TPSA) is 122 Å². The highest BCUT2D eigenvalue weighted by Crippen LogP contribution is 2.22. The molecule has 0 saturated carbocycles. The van der Waals surface area contributed by atoms with Crippen LogP contribution in [-0.2, 0) is 0 Å². The second kappa shape index (κ2) is 2.80. The van der Waals surface area contributed by atoms with E-state index in [0.717, 1.165) is 0 Å². The Balaban J connectivity index is 2.62. The van der Waals surface area contributed by atoms with Crippen LogP contribution in [0.4, 0.5) is 5.82 Å². The van der Waals surface area contributed by atoms with E-state index < -0.39 is 10.7 Å². The fourth-order valence-electron chi connectivity index (χ4n) is 0.904. The molecule has 0 radical (unpaired) electrons. The van der Waals surface area contributed by atoms with Crippen molar-refractivity contribution in [2.75, 3.05) is 0 Å². The molecule has 2 aromatic rings. The Morgan fingerprint density at radius 2 is 2.29 bits per heavy atom. The molecule has 9 heteroatoms. The Kier molecular flexibility index (Phi) is 1.63. The van der Waals surface area contributed by atoms with Crippen molar-refractivity contribution < 1.29 is 19.0 Å². The van der Waals surface area contributed by atoms with Crippen LogP contribution in [0.3, 0.4) is 0 Å². The Hall–Kier alpha value is -2.45. The molecule has 0 saturated heterocycles. The summed E-state index contributed by atoms with van der Waals surface area (Å²) in [5, 5.41) is 27.7. The molecule has 0 aromatic carbocycles. The highest BCUT2D eigenvalue weighted by molar-refractivity contribution is 5.58. The van der Waals surface area contributed by atoms with Gasteiger partial charge in [-0.1, -0.05) is 5.16 Å². The normalized spacial score (nSPS) is 10.3. The average Bonchev–Trinajstić information content (AvgIpc) is 2.71. The molecule has 0 spiro atoms. The minimum Gasteiger partial charge on any atom is -0.364 e. The lowest BCUT2D eigenvalue weighted by Gasteiger charge is -1.90. The standard InChI is InChI=1S/C5H2N4O5/c10-8(11)5-4(9(12)14-7-5)3-1-2-13-6-3/h1-2H. The third kappa shape index (κ3) is 1.07. The van der Waals surface area contributed by atoms with Crippen molar-refractivity contribution in [1.29, 1.82) is 0 Å². The van der Waals surface area contributed by atoms with Crippen LogP contribution in [0.25, 0.3) is 11.4 Å². The second-order valence-corrected chi connectivity index (χ2v) is 2.24. The number of hydrogen-bond acceptors (Lipinski definition) is 7. The van der Waals surface area contributed by atoms with Crippen LogP contribution in [-0.4, -0.2) is 15.2 Å². The van der Waals surface area contributed by atoms with E-state index in [-0.39, 0.29) is 16.3 Å². The van der Waals surface area contributed by atoms with E-state index in [0.29, 0.717) is 0 Å². The van der Waals surface area contributed by atoms with Gasteiger partial charge in [-0.3, -0.25) is 4.63 Å². The van der Waals surface area contributed by atoms with Gasteiger partial charge < -0.3 is 19.8 Å². The zero-order chi connectivity index (χ0) is 10.1. The van der Waals surface area contributed by atoms with Gasteiger partial charge in [0.25, 0.3) is 0 Å². The molecule has 0 aliphatic rings. The van der Waals surface area contributed by atoms with E-state index in [9.17, 15) is 15.3 Å². The van der Waals surface area contributed by atoms with Gasteiger partial charge in [-0.05, 0) is 9.83 Å². The molecule has 0 unspecified atom stereocenters. The first kappa shape index (κ1) is 8.16. The summed E-state index contributed by atoms with van der Waals surface area (Å²) in [5.41, 5.74) is -0.392. The van der Waals surface area contributed by atoms with Crippen LogP contribution in [0.2, 0.25) is 0 Å². The van der Waals surface area contributed by atoms with E-state index >= 15 is 0 Å². The summed E-state index contributed by atoms with van der Waals surface area (Å²) < 4.78 is 8.50. The minimum absolute atomic E-state index is 0.00653. The maximum Gasteiger partial charge on any atom is 0.442 e. The van der Waals surface area contributed by atoms with Crippen molar-refractivity contribution in [2.24, 2.45) is 0 Å². The fourth-order valence-corrected chi connectivity index (χ4v) is 0.904. The van der Waals surface area contributed by atoms with Crippen molar-refractivity contribution in [3.63, 3.8) is 0 Å². The van der Waals surface area contributed by atoms with E-state index in [4.69, 9.17) is 0 Å². The monoisotopic (exact) mass is 198 g/mol. The van der Waals surface area contributed by atoms with Crippen molar-refractivity contribution in [3.8, 4) is 11.4 Å². The summed E-state index contributed by atoms with van der Waals surface area (Å²) >= 11 is 0. The smallest absolute Gasteiger partial charge is 0.364 e. The Morgan fingerprint density at radius 3 is 2.86 bits per heavy atom. The quantitative estimate of drug-likeness (QED) is 0.374. The van der Waals surface area contributed by atoms with Crippen LogP contribution in [0.15, 0.2) is 21.5 Å². The zero-order valence-corrected chi connectivity index (χ0v) is 6.48. The van der Waals surface area contributed by atoms with Crippen LogP contribution in [0.1, 0.15) is 0 Å². The SMILES string of the molecule is O=[N+]([O-])c1no[n+]([O-])c1-c1ccon1. The third-order valence-electron chi connectivity index (χ3n) is 1.45. The largest absolute Gasteiger partial charge is 0.442 e. The molecule has 9 nitrogen and oxygen atoms in total. The van der Waals surface area contributed by atoms with Crippen LogP contribution in [0.5, 0.6) is 0 Å². The maximum atomic E-state index is 10.9. The van der Waals surface area contributed by atoms with Gasteiger partial charge in [0.15, 0.2) is 5.69 Å². The van der Waals surface area contributed by atoms with Crippen LogP contribution in [0, 0.1) is 15.3 Å². The van der Waals surface area contributed by atoms with Gasteiger partial charge in [0, 0.05) is 6.07 Å². The lowest BCUT2D eigenvalue weighted by molar-refractivity contribution is -0.793. The molecule has 2 aromatic heterocycles. The highest BCUT2D eigenvalue weighted by atomic mass is 16.8. The van der Waals surface area contributed by atoms with Crippen molar-refractivity contribution in [1.82, 2.24) is 10.3 Å². The molecule has 0 aliphatic carbocycles. The average molecular weight is 198 g/mol. The Labute approximate surface area is 75.2 Å². The van der Waals surface area contributed by atoms with E-state index in [1.807, 2.05) is 0 Å². The molecule has 0 amide bonds. The predicted octanol–water partition coefficient (Wildman–Crippen LogP) is -0.129. The molecule has 2 rings (SSSR count). The molecule has 0 aliphatic heterocycles. The van der Waals surface area contributed by atoms with Gasteiger partial charge in [0.2, 0.25) is 0 Å². The van der Waals surface area contributed by atoms with Crippen molar-refractivity contribution >= 4 is 5.82 Å². The molecule has 0 atom stereocenters. The van der Waals surface area contributed by atoms with Gasteiger partial charge in [-0.15, -0.1) is 0 Å². The first-order valence-corrected chi connectivity index (χ1v) is 3.35. The van der Waals surface area contributed by atoms with Crippen molar-refractivity contribution in [3.05, 3.63) is 27.7 Å². The summed E-state index contributed by atoms with van der Waals surface area (Å²) in [4.78, 5) is 9.46. The van der Waals surface area contributed by atoms with Gasteiger partial charge in [0.05, 0.1) is 5.16 Å². The Morgan fingerprint density at radius 1 is 1.50 bits per heavy atom. The first-order chi connectivity index (χ1) is 6.70. The molecule has 72 valence electrons. The third-order valence-corrected chi connectivity index (χ3v) is 1.45. The van der Waals surface area contributed by atoms with Gasteiger partial charge in [-0.25, -0.2) is 0 Å². The first-order valence-electron chi connectivity index (χ1n) is 3.35. The molecule has 0 bridgehead atoms. The summed E-state index contributed by atoms with van der Waals surface area (Å²) in [6.07, 6.45) is 1.17. The number of nitro groups is 1. The summed E-state index contributed by atoms with van der Waals surface area (Å²) in [6.45, 7) is 0. The van der Waals surface area contributed by atoms with Crippen molar-refractivity contribution in [2.45, 2.75) is 0 Å². The zero-order valence-electron chi connectivity index (χ0n) is 6.48. The molecular formula is C5H2N4O5. The van der Waals surface area contributed by atoms with E-state index in [1.165, 1.54) is 12.3 Å². The summed E-state index contributed by atoms with van der Waals surface area (Å²) in [6, 6.07) is 1.29. The Bertz CT molecular complexity index is 460. The predicted molar refractivity (Wildman–Crippen MR) is 37.6 cm³/mol. The van der Waals surface area contributed by atoms with Crippen LogP contribution < -0.4 is 4.90 Å². The minimum atomic E-state index is -0.845. The molecule has 0 fully saturated rings. The fraction of sp³-hybridized carbons (Fsp3) is 0. The molecular weight excluding hydrogens is 196 g/mol. The number of rotatable bonds is 2. The number of hydrogen-bond donors (Lipinski definition) is 0. The summed E-state index contributed by atoms with van der Waals surface area (Å²) in [7, 11) is 0. The number of aromatic nitrogens is 3. The summed E-state index contributed by atoms with van der Waals surface area (Å²) in [5.74, 6) is -0.700. The molecule has 2 heterocycles. The lowest BCUT2D eigenvalue weighted by Crippen LogP contribution is -2.25.